The first-order valence-electron chi connectivity index (χ1n) is 6.82. The zero-order valence-corrected chi connectivity index (χ0v) is 14.4. The van der Waals surface area contributed by atoms with Gasteiger partial charge in [-0.25, -0.2) is 8.42 Å². The van der Waals surface area contributed by atoms with Crippen LogP contribution in [0.3, 0.4) is 0 Å². The van der Waals surface area contributed by atoms with Crippen molar-refractivity contribution in [1.29, 1.82) is 0 Å². The second-order valence-corrected chi connectivity index (χ2v) is 7.95. The molecule has 0 bridgehead atoms. The highest BCUT2D eigenvalue weighted by molar-refractivity contribution is 9.10. The Kier molecular flexibility index (Phi) is 4.25. The molecule has 0 N–H and O–H groups in total. The highest BCUT2D eigenvalue weighted by Gasteiger charge is 2.24. The van der Waals surface area contributed by atoms with Crippen molar-refractivity contribution in [2.24, 2.45) is 0 Å². The molecular formula is C16H15BrO4S. The lowest BCUT2D eigenvalue weighted by Crippen LogP contribution is -2.06. The Morgan fingerprint density at radius 3 is 2.55 bits per heavy atom. The molecule has 1 saturated heterocycles. The highest BCUT2D eigenvalue weighted by Crippen LogP contribution is 2.31. The molecule has 3 rings (SSSR count). The number of hydrogen-bond donors (Lipinski definition) is 0. The number of sulfone groups is 1. The quantitative estimate of drug-likeness (QED) is 0.743. The molecule has 1 fully saturated rings. The molecule has 0 spiro atoms. The fourth-order valence-electron chi connectivity index (χ4n) is 1.98. The lowest BCUT2D eigenvalue weighted by Gasteiger charge is -2.10. The summed E-state index contributed by atoms with van der Waals surface area (Å²) in [6.45, 7) is 3.05. The van der Waals surface area contributed by atoms with Crippen molar-refractivity contribution in [1.82, 2.24) is 0 Å². The Labute approximate surface area is 138 Å². The molecule has 6 heteroatoms. The standard InChI is InChI=1S/C16H15BrO4S/c1-11-2-5-14(6-3-11)22(18,19)16-8-12(4-7-15(16)17)20-9-13-10-21-13/h2-8,13H,9-10H2,1H3. The second kappa shape index (κ2) is 6.02. The summed E-state index contributed by atoms with van der Waals surface area (Å²) in [5.74, 6) is 0.518. The van der Waals surface area contributed by atoms with Gasteiger partial charge in [0.2, 0.25) is 9.84 Å². The minimum Gasteiger partial charge on any atom is -0.491 e. The molecule has 2 aromatic rings. The van der Waals surface area contributed by atoms with E-state index in [0.29, 0.717) is 23.4 Å². The number of hydrogen-bond acceptors (Lipinski definition) is 4. The Morgan fingerprint density at radius 1 is 1.23 bits per heavy atom. The first-order chi connectivity index (χ1) is 10.5. The van der Waals surface area contributed by atoms with Gasteiger partial charge < -0.3 is 9.47 Å². The summed E-state index contributed by atoms with van der Waals surface area (Å²) in [4.78, 5) is 0.465. The van der Waals surface area contributed by atoms with Crippen molar-refractivity contribution < 1.29 is 17.9 Å². The highest BCUT2D eigenvalue weighted by atomic mass is 79.9. The van der Waals surface area contributed by atoms with Crippen LogP contribution in [0.1, 0.15) is 5.56 Å². The third-order valence-corrected chi connectivity index (χ3v) is 6.13. The van der Waals surface area contributed by atoms with E-state index in [-0.39, 0.29) is 15.9 Å². The van der Waals surface area contributed by atoms with Gasteiger partial charge in [-0.1, -0.05) is 17.7 Å². The van der Waals surface area contributed by atoms with Crippen LogP contribution in [0.15, 0.2) is 56.7 Å². The molecule has 1 unspecified atom stereocenters. The maximum atomic E-state index is 12.8. The summed E-state index contributed by atoms with van der Waals surface area (Å²) in [5.41, 5.74) is 1.01. The van der Waals surface area contributed by atoms with E-state index in [2.05, 4.69) is 15.9 Å². The largest absolute Gasteiger partial charge is 0.491 e. The smallest absolute Gasteiger partial charge is 0.207 e. The molecule has 22 heavy (non-hydrogen) atoms. The van der Waals surface area contributed by atoms with E-state index in [0.717, 1.165) is 5.56 Å². The third kappa shape index (κ3) is 3.34. The minimum absolute atomic E-state index is 0.126. The lowest BCUT2D eigenvalue weighted by molar-refractivity contribution is 0.262. The van der Waals surface area contributed by atoms with Crippen LogP contribution < -0.4 is 4.74 Å². The molecule has 1 atom stereocenters. The van der Waals surface area contributed by atoms with Gasteiger partial charge >= 0.3 is 0 Å². The van der Waals surface area contributed by atoms with Gasteiger partial charge in [0.25, 0.3) is 0 Å². The van der Waals surface area contributed by atoms with Crippen molar-refractivity contribution in [3.8, 4) is 5.75 Å². The third-order valence-electron chi connectivity index (χ3n) is 3.36. The predicted molar refractivity (Wildman–Crippen MR) is 86.0 cm³/mol. The topological polar surface area (TPSA) is 55.9 Å². The zero-order chi connectivity index (χ0) is 15.7. The van der Waals surface area contributed by atoms with Crippen LogP contribution in [0, 0.1) is 6.92 Å². The predicted octanol–water partition coefficient (Wildman–Crippen LogP) is 3.37. The van der Waals surface area contributed by atoms with E-state index < -0.39 is 9.84 Å². The van der Waals surface area contributed by atoms with Gasteiger partial charge in [-0.3, -0.25) is 0 Å². The summed E-state index contributed by atoms with van der Waals surface area (Å²) >= 11 is 3.31. The van der Waals surface area contributed by atoms with Crippen molar-refractivity contribution in [2.45, 2.75) is 22.8 Å². The van der Waals surface area contributed by atoms with Crippen molar-refractivity contribution >= 4 is 25.8 Å². The van der Waals surface area contributed by atoms with E-state index in [4.69, 9.17) is 9.47 Å². The van der Waals surface area contributed by atoms with Gasteiger partial charge in [0, 0.05) is 10.5 Å². The Balaban J connectivity index is 1.94. The molecule has 4 nitrogen and oxygen atoms in total. The molecule has 1 aliphatic rings. The Hall–Kier alpha value is -1.37. The average Bonchev–Trinajstić information content (AvgIpc) is 3.31. The van der Waals surface area contributed by atoms with Crippen molar-refractivity contribution in [2.75, 3.05) is 13.2 Å². The Morgan fingerprint density at radius 2 is 1.91 bits per heavy atom. The number of aryl methyl sites for hydroxylation is 1. The van der Waals surface area contributed by atoms with Gasteiger partial charge in [-0.2, -0.15) is 0 Å². The number of benzene rings is 2. The molecule has 0 aliphatic carbocycles. The van der Waals surface area contributed by atoms with Gasteiger partial charge in [-0.05, 0) is 47.1 Å². The van der Waals surface area contributed by atoms with Crippen LogP contribution in [-0.4, -0.2) is 27.7 Å². The second-order valence-electron chi connectivity index (χ2n) is 5.18. The van der Waals surface area contributed by atoms with Crippen LogP contribution in [0.25, 0.3) is 0 Å². The van der Waals surface area contributed by atoms with E-state index in [9.17, 15) is 8.42 Å². The van der Waals surface area contributed by atoms with Crippen LogP contribution in [0.2, 0.25) is 0 Å². The summed E-state index contributed by atoms with van der Waals surface area (Å²) in [5, 5.41) is 0. The minimum atomic E-state index is -3.59. The molecular weight excluding hydrogens is 368 g/mol. The van der Waals surface area contributed by atoms with E-state index in [1.807, 2.05) is 6.92 Å². The van der Waals surface area contributed by atoms with E-state index in [1.165, 1.54) is 0 Å². The number of ether oxygens (including phenoxy) is 2. The summed E-state index contributed by atoms with van der Waals surface area (Å²) in [7, 11) is -3.59. The summed E-state index contributed by atoms with van der Waals surface area (Å²) in [6.07, 6.45) is 0.126. The number of rotatable bonds is 5. The lowest BCUT2D eigenvalue weighted by atomic mass is 10.2. The normalized spacial score (nSPS) is 17.3. The zero-order valence-electron chi connectivity index (χ0n) is 12.0. The van der Waals surface area contributed by atoms with Crippen LogP contribution in [-0.2, 0) is 14.6 Å². The van der Waals surface area contributed by atoms with Crippen molar-refractivity contribution in [3.63, 3.8) is 0 Å². The van der Waals surface area contributed by atoms with Crippen LogP contribution >= 0.6 is 15.9 Å². The first kappa shape index (κ1) is 15.5. The Bertz CT molecular complexity index is 780. The maximum absolute atomic E-state index is 12.8. The SMILES string of the molecule is Cc1ccc(S(=O)(=O)c2cc(OCC3CO3)ccc2Br)cc1. The van der Waals surface area contributed by atoms with Gasteiger partial charge in [-0.15, -0.1) is 0 Å². The van der Waals surface area contributed by atoms with Gasteiger partial charge in [0.05, 0.1) is 16.4 Å². The molecule has 116 valence electrons. The van der Waals surface area contributed by atoms with Crippen LogP contribution in [0.5, 0.6) is 5.75 Å². The summed E-state index contributed by atoms with van der Waals surface area (Å²) in [6, 6.07) is 11.8. The molecule has 0 aromatic heterocycles. The fraction of sp³-hybridized carbons (Fsp3) is 0.250. The van der Waals surface area contributed by atoms with E-state index in [1.54, 1.807) is 42.5 Å². The molecule has 1 aliphatic heterocycles. The summed E-state index contributed by atoms with van der Waals surface area (Å²) < 4.78 is 36.7. The number of epoxide rings is 1. The molecule has 0 radical (unpaired) electrons. The average molecular weight is 383 g/mol. The van der Waals surface area contributed by atoms with Gasteiger partial charge in [0.1, 0.15) is 18.5 Å². The fourth-order valence-corrected chi connectivity index (χ4v) is 4.21. The van der Waals surface area contributed by atoms with Crippen molar-refractivity contribution in [3.05, 3.63) is 52.5 Å². The van der Waals surface area contributed by atoms with E-state index >= 15 is 0 Å². The molecule has 2 aromatic carbocycles. The molecule has 1 heterocycles. The number of halogens is 1. The molecule has 0 saturated carbocycles. The maximum Gasteiger partial charge on any atom is 0.207 e. The van der Waals surface area contributed by atoms with Crippen LogP contribution in [0.4, 0.5) is 0 Å². The first-order valence-corrected chi connectivity index (χ1v) is 9.10. The van der Waals surface area contributed by atoms with Gasteiger partial charge in [0.15, 0.2) is 0 Å². The monoisotopic (exact) mass is 382 g/mol. The molecule has 0 amide bonds.